The van der Waals surface area contributed by atoms with E-state index in [2.05, 4.69) is 25.7 Å². The molecule has 172 valence electrons. The van der Waals surface area contributed by atoms with E-state index < -0.39 is 0 Å². The molecule has 2 amide bonds. The molecule has 11 heteroatoms. The number of thiophene rings is 1. The van der Waals surface area contributed by atoms with Crippen LogP contribution in [0.4, 0.5) is 5.00 Å². The quantitative estimate of drug-likeness (QED) is 0.421. The Bertz CT molecular complexity index is 1310. The molecule has 4 aromatic heterocycles. The Morgan fingerprint density at radius 3 is 2.67 bits per heavy atom. The molecule has 9 nitrogen and oxygen atoms in total. The van der Waals surface area contributed by atoms with Gasteiger partial charge in [0.05, 0.1) is 32.7 Å². The van der Waals surface area contributed by atoms with Crippen LogP contribution in [0.15, 0.2) is 30.9 Å². The van der Waals surface area contributed by atoms with Gasteiger partial charge >= 0.3 is 0 Å². The van der Waals surface area contributed by atoms with Crippen molar-refractivity contribution in [2.45, 2.75) is 19.8 Å². The van der Waals surface area contributed by atoms with E-state index in [9.17, 15) is 9.59 Å². The molecule has 0 unspecified atom stereocenters. The van der Waals surface area contributed by atoms with Gasteiger partial charge in [0.15, 0.2) is 0 Å². The van der Waals surface area contributed by atoms with E-state index in [4.69, 9.17) is 0 Å². The first-order chi connectivity index (χ1) is 16.0. The molecule has 0 saturated carbocycles. The number of aromatic nitrogens is 4. The van der Waals surface area contributed by atoms with Crippen molar-refractivity contribution in [1.29, 1.82) is 0 Å². The number of rotatable bonds is 7. The lowest BCUT2D eigenvalue weighted by molar-refractivity contribution is 0.0952. The molecule has 0 atom stereocenters. The van der Waals surface area contributed by atoms with Gasteiger partial charge in [-0.3, -0.25) is 14.3 Å². The Morgan fingerprint density at radius 2 is 1.91 bits per heavy atom. The maximum absolute atomic E-state index is 13.0. The number of fused-ring (bicyclic) bond motifs is 1. The van der Waals surface area contributed by atoms with Crippen molar-refractivity contribution in [3.8, 4) is 10.4 Å². The van der Waals surface area contributed by atoms with E-state index in [1.54, 1.807) is 21.6 Å². The van der Waals surface area contributed by atoms with Gasteiger partial charge in [0, 0.05) is 38.1 Å². The largest absolute Gasteiger partial charge is 0.350 e. The number of nitrogens with one attached hydrogen (secondary N) is 2. The van der Waals surface area contributed by atoms with Gasteiger partial charge in [-0.1, -0.05) is 0 Å². The smallest absolute Gasteiger partial charge is 0.261 e. The van der Waals surface area contributed by atoms with Crippen molar-refractivity contribution in [3.05, 3.63) is 46.9 Å². The molecular formula is C22H25N7O2S2. The van der Waals surface area contributed by atoms with E-state index >= 15 is 0 Å². The molecule has 0 bridgehead atoms. The van der Waals surface area contributed by atoms with Gasteiger partial charge in [-0.2, -0.15) is 10.2 Å². The number of amides is 2. The Morgan fingerprint density at radius 1 is 1.09 bits per heavy atom. The molecule has 1 fully saturated rings. The molecule has 5 rings (SSSR count). The van der Waals surface area contributed by atoms with Gasteiger partial charge in [0.2, 0.25) is 0 Å². The van der Waals surface area contributed by atoms with Gasteiger partial charge in [0.25, 0.3) is 11.8 Å². The van der Waals surface area contributed by atoms with E-state index in [0.29, 0.717) is 22.0 Å². The van der Waals surface area contributed by atoms with Crippen LogP contribution in [-0.2, 0) is 7.05 Å². The monoisotopic (exact) mass is 483 g/mol. The maximum Gasteiger partial charge on any atom is 0.261 e. The maximum atomic E-state index is 13.0. The summed E-state index contributed by atoms with van der Waals surface area (Å²) in [6.07, 6.45) is 9.66. The molecule has 0 aromatic carbocycles. The second-order valence-electron chi connectivity index (χ2n) is 8.19. The molecule has 1 aliphatic heterocycles. The molecule has 5 heterocycles. The summed E-state index contributed by atoms with van der Waals surface area (Å²) in [7, 11) is 1.87. The summed E-state index contributed by atoms with van der Waals surface area (Å²) in [5, 5.41) is 15.2. The van der Waals surface area contributed by atoms with Crippen LogP contribution in [0.5, 0.6) is 0 Å². The van der Waals surface area contributed by atoms with E-state index in [-0.39, 0.29) is 11.8 Å². The lowest BCUT2D eigenvalue weighted by atomic mass is 10.3. The molecule has 4 aromatic rings. The third-order valence-electron chi connectivity index (χ3n) is 5.71. The predicted molar refractivity (Wildman–Crippen MR) is 130 cm³/mol. The Balaban J connectivity index is 1.26. The molecular weight excluding hydrogens is 458 g/mol. The van der Waals surface area contributed by atoms with Gasteiger partial charge in [-0.25, -0.2) is 4.52 Å². The summed E-state index contributed by atoms with van der Waals surface area (Å²) >= 11 is 2.78. The average Bonchev–Trinajstić information content (AvgIpc) is 3.57. The fraction of sp³-hybridized carbons (Fsp3) is 0.364. The van der Waals surface area contributed by atoms with Crippen LogP contribution >= 0.6 is 22.7 Å². The number of thiazole rings is 1. The highest BCUT2D eigenvalue weighted by Gasteiger charge is 2.20. The highest BCUT2D eigenvalue weighted by molar-refractivity contribution is 7.21. The molecule has 2 N–H and O–H groups in total. The van der Waals surface area contributed by atoms with Crippen LogP contribution in [0.2, 0.25) is 0 Å². The topological polar surface area (TPSA) is 96.6 Å². The third kappa shape index (κ3) is 4.56. The van der Waals surface area contributed by atoms with Gasteiger partial charge in [-0.05, 0) is 44.5 Å². The van der Waals surface area contributed by atoms with Gasteiger partial charge in [-0.15, -0.1) is 22.7 Å². The molecule has 0 spiro atoms. The molecule has 33 heavy (non-hydrogen) atoms. The number of hydrogen-bond acceptors (Lipinski definition) is 7. The number of likely N-dealkylation sites (tertiary alicyclic amines) is 1. The summed E-state index contributed by atoms with van der Waals surface area (Å²) in [6.45, 7) is 5.62. The minimum Gasteiger partial charge on any atom is -0.350 e. The van der Waals surface area contributed by atoms with Crippen molar-refractivity contribution in [2.24, 2.45) is 7.05 Å². The van der Waals surface area contributed by atoms with Crippen LogP contribution in [0, 0.1) is 6.92 Å². The fourth-order valence-corrected chi connectivity index (χ4v) is 5.95. The second kappa shape index (κ2) is 9.08. The predicted octanol–water partition coefficient (Wildman–Crippen LogP) is 3.24. The fourth-order valence-electron chi connectivity index (χ4n) is 3.93. The van der Waals surface area contributed by atoms with E-state index in [1.807, 2.05) is 32.4 Å². The number of carbonyl (C=O) groups excluding carboxylic acids is 2. The summed E-state index contributed by atoms with van der Waals surface area (Å²) < 4.78 is 3.45. The van der Waals surface area contributed by atoms with Crippen LogP contribution in [-0.4, -0.2) is 62.3 Å². The molecule has 0 radical (unpaired) electrons. The normalized spacial score (nSPS) is 14.2. The van der Waals surface area contributed by atoms with Gasteiger partial charge in [0.1, 0.15) is 4.83 Å². The first-order valence-corrected chi connectivity index (χ1v) is 12.5. The van der Waals surface area contributed by atoms with Crippen LogP contribution in [0.1, 0.15) is 38.4 Å². The van der Waals surface area contributed by atoms with E-state index in [0.717, 1.165) is 40.5 Å². The summed E-state index contributed by atoms with van der Waals surface area (Å²) in [6, 6.07) is 1.82. The molecule has 1 saturated heterocycles. The first-order valence-electron chi connectivity index (χ1n) is 10.9. The minimum absolute atomic E-state index is 0.102. The van der Waals surface area contributed by atoms with E-state index in [1.165, 1.54) is 35.5 Å². The third-order valence-corrected chi connectivity index (χ3v) is 8.02. The lowest BCUT2D eigenvalue weighted by Gasteiger charge is -2.14. The number of nitrogens with zero attached hydrogens (tertiary/aromatic N) is 5. The van der Waals surface area contributed by atoms with Crippen LogP contribution in [0.25, 0.3) is 15.3 Å². The lowest BCUT2D eigenvalue weighted by Crippen LogP contribution is -2.33. The zero-order valence-electron chi connectivity index (χ0n) is 18.5. The SMILES string of the molecule is Cc1cc(C(=O)NCCN2CCCC2)sc1NC(=O)c1cnn2cc(-c3cnn(C)c3)sc12. The van der Waals surface area contributed by atoms with Crippen molar-refractivity contribution in [2.75, 3.05) is 31.5 Å². The van der Waals surface area contributed by atoms with Crippen molar-refractivity contribution < 1.29 is 9.59 Å². The highest BCUT2D eigenvalue weighted by Crippen LogP contribution is 2.32. The average molecular weight is 484 g/mol. The minimum atomic E-state index is -0.240. The Kier molecular flexibility index (Phi) is 6.00. The second-order valence-corrected chi connectivity index (χ2v) is 10.3. The van der Waals surface area contributed by atoms with Crippen LogP contribution in [0.3, 0.4) is 0 Å². The van der Waals surface area contributed by atoms with Crippen LogP contribution < -0.4 is 10.6 Å². The van der Waals surface area contributed by atoms with Crippen molar-refractivity contribution >= 4 is 44.3 Å². The summed E-state index contributed by atoms with van der Waals surface area (Å²) in [5.74, 6) is -0.342. The number of carbonyl (C=O) groups is 2. The number of anilines is 1. The standard InChI is InChI=1S/C22H25N7O2S2/c1-14-9-17(20(31)23-5-8-28-6-3-4-7-28)32-21(14)26-19(30)16-11-25-29-13-18(33-22(16)29)15-10-24-27(2)12-15/h9-13H,3-8H2,1-2H3,(H,23,31)(H,26,30). The van der Waals surface area contributed by atoms with Gasteiger partial charge < -0.3 is 15.5 Å². The zero-order chi connectivity index (χ0) is 22.9. The molecule has 1 aliphatic rings. The Labute approximate surface area is 199 Å². The first kappa shape index (κ1) is 21.8. The zero-order valence-corrected chi connectivity index (χ0v) is 20.1. The van der Waals surface area contributed by atoms with Crippen molar-refractivity contribution in [3.63, 3.8) is 0 Å². The molecule has 0 aliphatic carbocycles. The Hall–Kier alpha value is -3.02. The summed E-state index contributed by atoms with van der Waals surface area (Å²) in [4.78, 5) is 30.3. The van der Waals surface area contributed by atoms with Crippen molar-refractivity contribution in [1.82, 2.24) is 29.6 Å². The summed E-state index contributed by atoms with van der Waals surface area (Å²) in [5.41, 5.74) is 2.34. The number of aryl methyl sites for hydroxylation is 2. The number of hydrogen-bond donors (Lipinski definition) is 2. The highest BCUT2D eigenvalue weighted by atomic mass is 32.1.